The van der Waals surface area contributed by atoms with E-state index in [2.05, 4.69) is 11.5 Å². The molecule has 3 saturated heterocycles. The maximum absolute atomic E-state index is 13.5. The van der Waals surface area contributed by atoms with Crippen molar-refractivity contribution in [3.05, 3.63) is 12.7 Å². The van der Waals surface area contributed by atoms with Gasteiger partial charge in [-0.15, -0.1) is 6.58 Å². The van der Waals surface area contributed by atoms with E-state index in [0.717, 1.165) is 0 Å². The predicted molar refractivity (Wildman–Crippen MR) is 167 cm³/mol. The number of hydrogen-bond acceptors (Lipinski definition) is 11. The fourth-order valence-electron chi connectivity index (χ4n) is 7.78. The topological polar surface area (TPSA) is 141 Å². The Morgan fingerprint density at radius 3 is 2.32 bits per heavy atom. The van der Waals surface area contributed by atoms with Crippen LogP contribution in [0.2, 0.25) is 0 Å². The Morgan fingerprint density at radius 2 is 1.75 bits per heavy atom. The monoisotopic (exact) mass is 628 g/mol. The summed E-state index contributed by atoms with van der Waals surface area (Å²) in [6.07, 6.45) is -3.02. The summed E-state index contributed by atoms with van der Waals surface area (Å²) in [6.45, 7) is 19.3. The average molecular weight is 629 g/mol. The van der Waals surface area contributed by atoms with Crippen molar-refractivity contribution in [2.45, 2.75) is 147 Å². The van der Waals surface area contributed by atoms with Crippen LogP contribution in [0.4, 0.5) is 0 Å². The number of morpholine rings is 1. The quantitative estimate of drug-likeness (QED) is 0.262. The molecule has 0 aromatic carbocycles. The first-order chi connectivity index (χ1) is 20.4. The first-order valence-corrected chi connectivity index (χ1v) is 16.4. The number of carbonyl (C=O) groups excluding carboxylic acids is 1. The van der Waals surface area contributed by atoms with E-state index < -0.39 is 65.8 Å². The molecule has 3 aliphatic heterocycles. The van der Waals surface area contributed by atoms with Gasteiger partial charge >= 0.3 is 5.97 Å². The van der Waals surface area contributed by atoms with E-state index in [1.54, 1.807) is 27.7 Å². The lowest BCUT2D eigenvalue weighted by molar-refractivity contribution is -0.299. The second kappa shape index (κ2) is 14.7. The first kappa shape index (κ1) is 37.3. The van der Waals surface area contributed by atoms with Crippen LogP contribution in [-0.4, -0.2) is 136 Å². The summed E-state index contributed by atoms with van der Waals surface area (Å²) in [4.78, 5) is 17.7. The van der Waals surface area contributed by atoms with Crippen molar-refractivity contribution in [1.29, 1.82) is 0 Å². The number of aliphatic hydroxyl groups is 4. The number of likely N-dealkylation sites (N-methyl/N-ethyl adjacent to an activating group) is 1. The first-order valence-electron chi connectivity index (χ1n) is 16.4. The molecule has 11 nitrogen and oxygen atoms in total. The van der Waals surface area contributed by atoms with Crippen LogP contribution in [0.25, 0.3) is 0 Å². The molecule has 0 aliphatic carbocycles. The largest absolute Gasteiger partial charge is 0.459 e. The standard InChI is InChI=1S/C33H60N2O9/c1-12-23-17-41-29-22(7)35(23)16-18(3)15-32(8,39)28(44-31-27(37)24(34(10)11)14-19(4)42-31)20(5)26(36)21(6)30(38)43-25(13-2)33(29,9)40/h12,18-29,31,36-37,39-40H,1,13-17H2,2-11H3/t18-,19-,20+,21-,22-,23?,24+,25-,26-,27-,28-,29+,31-,32-,33-/m1/s1. The number of nitrogens with zero attached hydrogens (tertiary/aromatic N) is 2. The highest BCUT2D eigenvalue weighted by atomic mass is 16.7. The number of carbonyl (C=O) groups is 1. The Kier molecular flexibility index (Phi) is 12.5. The van der Waals surface area contributed by atoms with Crippen molar-refractivity contribution in [3.63, 3.8) is 0 Å². The number of fused-ring (bicyclic) bond motifs is 2. The lowest BCUT2D eigenvalue weighted by Crippen LogP contribution is -2.65. The number of esters is 1. The van der Waals surface area contributed by atoms with Gasteiger partial charge < -0.3 is 44.3 Å². The second-order valence-corrected chi connectivity index (χ2v) is 14.5. The van der Waals surface area contributed by atoms with Crippen LogP contribution in [0.1, 0.15) is 74.7 Å². The van der Waals surface area contributed by atoms with Crippen LogP contribution in [0.15, 0.2) is 12.7 Å². The molecule has 0 amide bonds. The predicted octanol–water partition coefficient (Wildman–Crippen LogP) is 1.94. The molecule has 4 N–H and O–H groups in total. The smallest absolute Gasteiger partial charge is 0.311 e. The molecule has 11 heteroatoms. The van der Waals surface area contributed by atoms with Crippen molar-refractivity contribution in [1.82, 2.24) is 9.80 Å². The van der Waals surface area contributed by atoms with E-state index in [1.165, 1.54) is 0 Å². The second-order valence-electron chi connectivity index (χ2n) is 14.5. The van der Waals surface area contributed by atoms with Gasteiger partial charge in [-0.3, -0.25) is 9.69 Å². The number of hydrogen-bond donors (Lipinski definition) is 4. The highest BCUT2D eigenvalue weighted by Gasteiger charge is 2.52. The van der Waals surface area contributed by atoms with E-state index in [4.69, 9.17) is 18.9 Å². The van der Waals surface area contributed by atoms with Crippen LogP contribution < -0.4 is 0 Å². The third-order valence-electron chi connectivity index (χ3n) is 10.3. The zero-order valence-electron chi connectivity index (χ0n) is 28.6. The van der Waals surface area contributed by atoms with Crippen molar-refractivity contribution in [3.8, 4) is 0 Å². The minimum atomic E-state index is -1.51. The highest BCUT2D eigenvalue weighted by molar-refractivity contribution is 5.73. The minimum Gasteiger partial charge on any atom is -0.459 e. The average Bonchev–Trinajstić information content (AvgIpc) is 2.94. The lowest BCUT2D eigenvalue weighted by Gasteiger charge is -2.50. The Hall–Kier alpha value is -1.15. The van der Waals surface area contributed by atoms with Gasteiger partial charge in [0.25, 0.3) is 0 Å². The van der Waals surface area contributed by atoms with Gasteiger partial charge in [0.05, 0.1) is 42.5 Å². The fraction of sp³-hybridized carbons (Fsp3) is 0.909. The number of ether oxygens (including phenoxy) is 4. The number of rotatable bonds is 5. The number of aliphatic hydroxyl groups excluding tert-OH is 2. The molecule has 3 fully saturated rings. The van der Waals surface area contributed by atoms with Crippen LogP contribution in [0.3, 0.4) is 0 Å². The highest BCUT2D eigenvalue weighted by Crippen LogP contribution is 2.38. The summed E-state index contributed by atoms with van der Waals surface area (Å²) in [5.74, 6) is -2.50. The summed E-state index contributed by atoms with van der Waals surface area (Å²) < 4.78 is 24.7. The maximum Gasteiger partial charge on any atom is 0.311 e. The molecule has 3 aliphatic rings. The normalized spacial score (nSPS) is 49.9. The minimum absolute atomic E-state index is 0.0675. The molecule has 3 heterocycles. The van der Waals surface area contributed by atoms with Crippen molar-refractivity contribution in [2.24, 2.45) is 17.8 Å². The van der Waals surface area contributed by atoms with Gasteiger partial charge in [0, 0.05) is 24.5 Å². The zero-order chi connectivity index (χ0) is 33.3. The van der Waals surface area contributed by atoms with E-state index in [1.807, 2.05) is 52.8 Å². The summed E-state index contributed by atoms with van der Waals surface area (Å²) in [6, 6.07) is -0.614. The summed E-state index contributed by atoms with van der Waals surface area (Å²) in [5.41, 5.74) is -3.00. The van der Waals surface area contributed by atoms with Crippen LogP contribution in [0, 0.1) is 17.8 Å². The van der Waals surface area contributed by atoms with Crippen molar-refractivity contribution < 1.29 is 44.2 Å². The van der Waals surface area contributed by atoms with Gasteiger partial charge in [-0.05, 0) is 73.9 Å². The van der Waals surface area contributed by atoms with Gasteiger partial charge in [-0.1, -0.05) is 26.8 Å². The molecule has 0 radical (unpaired) electrons. The molecule has 0 aromatic rings. The molecular weight excluding hydrogens is 568 g/mol. The maximum atomic E-state index is 13.5. The Bertz CT molecular complexity index is 962. The molecule has 2 bridgehead atoms. The van der Waals surface area contributed by atoms with E-state index in [9.17, 15) is 25.2 Å². The van der Waals surface area contributed by atoms with Gasteiger partial charge in [-0.25, -0.2) is 0 Å². The molecule has 256 valence electrons. The molecule has 2 unspecified atom stereocenters. The summed E-state index contributed by atoms with van der Waals surface area (Å²) >= 11 is 0. The Labute approximate surface area is 264 Å². The van der Waals surface area contributed by atoms with Gasteiger partial charge in [0.2, 0.25) is 0 Å². The van der Waals surface area contributed by atoms with Gasteiger partial charge in [0.1, 0.15) is 23.9 Å². The zero-order valence-corrected chi connectivity index (χ0v) is 28.6. The van der Waals surface area contributed by atoms with Crippen molar-refractivity contribution >= 4 is 5.97 Å². The van der Waals surface area contributed by atoms with E-state index in [0.29, 0.717) is 26.0 Å². The fourth-order valence-corrected chi connectivity index (χ4v) is 7.78. The van der Waals surface area contributed by atoms with Crippen LogP contribution in [-0.2, 0) is 23.7 Å². The summed E-state index contributed by atoms with van der Waals surface area (Å²) in [5, 5.41) is 46.8. The number of cyclic esters (lactones) is 1. The third-order valence-corrected chi connectivity index (χ3v) is 10.3. The van der Waals surface area contributed by atoms with Gasteiger partial charge in [0.15, 0.2) is 6.29 Å². The lowest BCUT2D eigenvalue weighted by atomic mass is 9.78. The molecule has 44 heavy (non-hydrogen) atoms. The van der Waals surface area contributed by atoms with E-state index >= 15 is 0 Å². The molecule has 3 rings (SSSR count). The Morgan fingerprint density at radius 1 is 1.11 bits per heavy atom. The van der Waals surface area contributed by atoms with Gasteiger partial charge in [-0.2, -0.15) is 0 Å². The van der Waals surface area contributed by atoms with Crippen molar-refractivity contribution in [2.75, 3.05) is 27.2 Å². The third kappa shape index (κ3) is 7.86. The summed E-state index contributed by atoms with van der Waals surface area (Å²) in [7, 11) is 3.78. The Balaban J connectivity index is 2.05. The molecule has 0 saturated carbocycles. The SMILES string of the molecule is C=CC1CO[C@H]2[C@@H](C)N1C[C@H](C)C[C@@](C)(O)[C@H](O[C@H]1O[C@H](C)C[C@H](N(C)C)[C@H]1O)[C@@H](C)[C@@H](O)[C@@H](C)C(=O)O[C@H](CC)[C@@]2(C)O. The molecule has 16 atom stereocenters. The molecular formula is C33H60N2O9. The van der Waals surface area contributed by atoms with Crippen LogP contribution >= 0.6 is 0 Å². The molecule has 0 spiro atoms. The van der Waals surface area contributed by atoms with E-state index in [-0.39, 0.29) is 36.6 Å². The van der Waals surface area contributed by atoms with Crippen LogP contribution in [0.5, 0.6) is 0 Å². The molecule has 0 aromatic heterocycles.